The molecule has 0 radical (unpaired) electrons. The van der Waals surface area contributed by atoms with Crippen LogP contribution in [0.1, 0.15) is 25.3 Å². The molecular formula is C13H15N3. The van der Waals surface area contributed by atoms with Crippen molar-refractivity contribution in [2.45, 2.75) is 19.8 Å². The molecule has 2 aromatic rings. The second kappa shape index (κ2) is 4.31. The van der Waals surface area contributed by atoms with Crippen LogP contribution in [0.25, 0.3) is 11.4 Å². The van der Waals surface area contributed by atoms with E-state index in [0.29, 0.717) is 5.92 Å². The summed E-state index contributed by atoms with van der Waals surface area (Å²) in [6, 6.07) is 7.60. The minimum absolute atomic E-state index is 0.454. The van der Waals surface area contributed by atoms with Crippen molar-refractivity contribution >= 4 is 5.69 Å². The summed E-state index contributed by atoms with van der Waals surface area (Å²) in [6.45, 7) is 4.25. The quantitative estimate of drug-likeness (QED) is 0.780. The van der Waals surface area contributed by atoms with E-state index in [1.54, 1.807) is 0 Å². The van der Waals surface area contributed by atoms with Crippen molar-refractivity contribution in [3.63, 3.8) is 0 Å². The molecule has 0 aliphatic heterocycles. The molecule has 0 bridgehead atoms. The van der Waals surface area contributed by atoms with Crippen molar-refractivity contribution in [2.24, 2.45) is 0 Å². The fraction of sp³-hybridized carbons (Fsp3) is 0.231. The van der Waals surface area contributed by atoms with Gasteiger partial charge in [-0.05, 0) is 23.6 Å². The number of hydrogen-bond acceptors (Lipinski definition) is 3. The predicted octanol–water partition coefficient (Wildman–Crippen LogP) is 2.85. The van der Waals surface area contributed by atoms with Gasteiger partial charge in [-0.15, -0.1) is 0 Å². The lowest BCUT2D eigenvalue weighted by Gasteiger charge is -2.05. The second-order valence-corrected chi connectivity index (χ2v) is 4.12. The summed E-state index contributed by atoms with van der Waals surface area (Å²) in [5, 5.41) is 0. The number of anilines is 1. The monoisotopic (exact) mass is 213 g/mol. The smallest absolute Gasteiger partial charge is 0.159 e. The van der Waals surface area contributed by atoms with Crippen molar-refractivity contribution in [2.75, 3.05) is 5.73 Å². The first-order valence-corrected chi connectivity index (χ1v) is 5.34. The summed E-state index contributed by atoms with van der Waals surface area (Å²) in [7, 11) is 0. The van der Waals surface area contributed by atoms with Gasteiger partial charge in [-0.3, -0.25) is 0 Å². The van der Waals surface area contributed by atoms with Crippen LogP contribution >= 0.6 is 0 Å². The lowest BCUT2D eigenvalue weighted by atomic mass is 10.1. The van der Waals surface area contributed by atoms with Crippen LogP contribution in [0.3, 0.4) is 0 Å². The normalized spacial score (nSPS) is 10.7. The maximum absolute atomic E-state index is 5.72. The molecule has 0 saturated heterocycles. The molecule has 0 atom stereocenters. The highest BCUT2D eigenvalue weighted by atomic mass is 14.9. The van der Waals surface area contributed by atoms with Crippen molar-refractivity contribution in [1.29, 1.82) is 0 Å². The van der Waals surface area contributed by atoms with E-state index in [1.807, 2.05) is 36.7 Å². The van der Waals surface area contributed by atoms with E-state index in [2.05, 4.69) is 23.8 Å². The van der Waals surface area contributed by atoms with Gasteiger partial charge in [-0.2, -0.15) is 0 Å². The molecule has 3 heteroatoms. The van der Waals surface area contributed by atoms with Crippen LogP contribution in [0.4, 0.5) is 5.69 Å². The molecule has 2 N–H and O–H groups in total. The summed E-state index contributed by atoms with van der Waals surface area (Å²) in [6.07, 6.45) is 3.74. The highest BCUT2D eigenvalue weighted by Gasteiger charge is 2.03. The molecule has 0 amide bonds. The summed E-state index contributed by atoms with van der Waals surface area (Å²) in [5.41, 5.74) is 8.55. The molecule has 1 aromatic heterocycles. The highest BCUT2D eigenvalue weighted by Crippen LogP contribution is 2.18. The minimum Gasteiger partial charge on any atom is -0.399 e. The summed E-state index contributed by atoms with van der Waals surface area (Å²) in [5.74, 6) is 1.17. The zero-order valence-electron chi connectivity index (χ0n) is 9.51. The fourth-order valence-corrected chi connectivity index (χ4v) is 1.46. The Bertz CT molecular complexity index is 475. The van der Waals surface area contributed by atoms with Gasteiger partial charge in [0.25, 0.3) is 0 Å². The van der Waals surface area contributed by atoms with Gasteiger partial charge in [0.2, 0.25) is 0 Å². The standard InChI is InChI=1S/C13H15N3/c1-9(2)11-7-15-13(16-8-11)10-4-3-5-12(14)6-10/h3-9H,14H2,1-2H3. The second-order valence-electron chi connectivity index (χ2n) is 4.12. The lowest BCUT2D eigenvalue weighted by molar-refractivity contribution is 0.847. The van der Waals surface area contributed by atoms with Crippen molar-refractivity contribution in [1.82, 2.24) is 9.97 Å². The zero-order chi connectivity index (χ0) is 11.5. The highest BCUT2D eigenvalue weighted by molar-refractivity contribution is 5.60. The van der Waals surface area contributed by atoms with E-state index in [0.717, 1.165) is 22.6 Å². The Morgan fingerprint density at radius 2 is 1.81 bits per heavy atom. The van der Waals surface area contributed by atoms with Crippen LogP contribution in [0.5, 0.6) is 0 Å². The third-order valence-corrected chi connectivity index (χ3v) is 2.48. The Labute approximate surface area is 95.4 Å². The van der Waals surface area contributed by atoms with E-state index in [1.165, 1.54) is 0 Å². The fourth-order valence-electron chi connectivity index (χ4n) is 1.46. The largest absolute Gasteiger partial charge is 0.399 e. The zero-order valence-corrected chi connectivity index (χ0v) is 9.51. The first-order valence-electron chi connectivity index (χ1n) is 5.34. The van der Waals surface area contributed by atoms with E-state index in [-0.39, 0.29) is 0 Å². The lowest BCUT2D eigenvalue weighted by Crippen LogP contribution is -1.94. The maximum Gasteiger partial charge on any atom is 0.159 e. The van der Waals surface area contributed by atoms with Crippen LogP contribution < -0.4 is 5.73 Å². The van der Waals surface area contributed by atoms with Crippen molar-refractivity contribution in [3.05, 3.63) is 42.2 Å². The first-order chi connectivity index (χ1) is 7.66. The molecule has 0 saturated carbocycles. The molecule has 0 fully saturated rings. The molecule has 0 aliphatic rings. The molecule has 0 spiro atoms. The van der Waals surface area contributed by atoms with E-state index < -0.39 is 0 Å². The van der Waals surface area contributed by atoms with Crippen molar-refractivity contribution < 1.29 is 0 Å². The third kappa shape index (κ3) is 2.19. The van der Waals surface area contributed by atoms with Gasteiger partial charge in [-0.25, -0.2) is 9.97 Å². The number of hydrogen-bond donors (Lipinski definition) is 1. The summed E-state index contributed by atoms with van der Waals surface area (Å²) < 4.78 is 0. The van der Waals surface area contributed by atoms with E-state index >= 15 is 0 Å². The van der Waals surface area contributed by atoms with E-state index in [9.17, 15) is 0 Å². The van der Waals surface area contributed by atoms with Crippen LogP contribution in [0.2, 0.25) is 0 Å². The molecule has 2 rings (SSSR count). The predicted molar refractivity (Wildman–Crippen MR) is 66.0 cm³/mol. The molecule has 82 valence electrons. The Balaban J connectivity index is 2.35. The van der Waals surface area contributed by atoms with Crippen LogP contribution in [0, 0.1) is 0 Å². The third-order valence-electron chi connectivity index (χ3n) is 2.48. The molecular weight excluding hydrogens is 198 g/mol. The Morgan fingerprint density at radius 3 is 2.38 bits per heavy atom. The van der Waals surface area contributed by atoms with Crippen LogP contribution in [-0.4, -0.2) is 9.97 Å². The van der Waals surface area contributed by atoms with Gasteiger partial charge < -0.3 is 5.73 Å². The number of aromatic nitrogens is 2. The topological polar surface area (TPSA) is 51.8 Å². The molecule has 16 heavy (non-hydrogen) atoms. The number of nitrogens with two attached hydrogens (primary N) is 1. The van der Waals surface area contributed by atoms with Gasteiger partial charge in [-0.1, -0.05) is 26.0 Å². The molecule has 1 aromatic carbocycles. The number of rotatable bonds is 2. The molecule has 0 unspecified atom stereocenters. The Morgan fingerprint density at radius 1 is 1.12 bits per heavy atom. The van der Waals surface area contributed by atoms with Gasteiger partial charge in [0.1, 0.15) is 0 Å². The number of benzene rings is 1. The van der Waals surface area contributed by atoms with Gasteiger partial charge >= 0.3 is 0 Å². The molecule has 1 heterocycles. The SMILES string of the molecule is CC(C)c1cnc(-c2cccc(N)c2)nc1. The minimum atomic E-state index is 0.454. The average molecular weight is 213 g/mol. The molecule has 0 aliphatic carbocycles. The number of nitrogens with zero attached hydrogens (tertiary/aromatic N) is 2. The van der Waals surface area contributed by atoms with Crippen LogP contribution in [0.15, 0.2) is 36.7 Å². The van der Waals surface area contributed by atoms with Gasteiger partial charge in [0.15, 0.2) is 5.82 Å². The molecule has 3 nitrogen and oxygen atoms in total. The van der Waals surface area contributed by atoms with Crippen molar-refractivity contribution in [3.8, 4) is 11.4 Å². The Kier molecular flexibility index (Phi) is 2.86. The maximum atomic E-state index is 5.72. The van der Waals surface area contributed by atoms with Crippen LogP contribution in [-0.2, 0) is 0 Å². The number of nitrogen functional groups attached to an aromatic ring is 1. The van der Waals surface area contributed by atoms with E-state index in [4.69, 9.17) is 5.73 Å². The summed E-state index contributed by atoms with van der Waals surface area (Å²) >= 11 is 0. The van der Waals surface area contributed by atoms with Gasteiger partial charge in [0.05, 0.1) is 0 Å². The van der Waals surface area contributed by atoms with Gasteiger partial charge in [0, 0.05) is 23.6 Å². The average Bonchev–Trinajstić information content (AvgIpc) is 2.29. The Hall–Kier alpha value is -1.90. The first kappa shape index (κ1) is 10.6. The summed E-state index contributed by atoms with van der Waals surface area (Å²) in [4.78, 5) is 8.69.